The normalized spacial score (nSPS) is 26.0. The lowest BCUT2D eigenvalue weighted by Gasteiger charge is -2.07. The molecule has 2 heterocycles. The van der Waals surface area contributed by atoms with Gasteiger partial charge in [0.15, 0.2) is 9.84 Å². The zero-order valence-corrected chi connectivity index (χ0v) is 8.00. The Labute approximate surface area is 77.7 Å². The van der Waals surface area contributed by atoms with Gasteiger partial charge in [-0.2, -0.15) is 0 Å². The van der Waals surface area contributed by atoms with Crippen LogP contribution in [0.25, 0.3) is 0 Å². The average Bonchev–Trinajstić information content (AvgIpc) is 2.47. The van der Waals surface area contributed by atoms with Crippen molar-refractivity contribution in [3.8, 4) is 0 Å². The number of hydrogen-bond donors (Lipinski definition) is 0. The molecule has 1 aliphatic rings. The zero-order valence-electron chi connectivity index (χ0n) is 7.18. The topological polar surface area (TPSA) is 47.0 Å². The highest BCUT2D eigenvalue weighted by molar-refractivity contribution is 7.91. The van der Waals surface area contributed by atoms with Crippen LogP contribution >= 0.6 is 0 Å². The van der Waals surface area contributed by atoms with Crippen molar-refractivity contribution >= 4 is 9.84 Å². The Kier molecular flexibility index (Phi) is 2.07. The van der Waals surface area contributed by atoms with Gasteiger partial charge in [-0.25, -0.2) is 8.42 Å². The summed E-state index contributed by atoms with van der Waals surface area (Å²) in [6.45, 7) is 0. The summed E-state index contributed by atoms with van der Waals surface area (Å²) in [7, 11) is -2.87. The molecule has 1 atom stereocenters. The summed E-state index contributed by atoms with van der Waals surface area (Å²) in [4.78, 5) is 3.87. The first-order chi connectivity index (χ1) is 6.20. The van der Waals surface area contributed by atoms with E-state index in [9.17, 15) is 8.42 Å². The van der Waals surface area contributed by atoms with Crippen molar-refractivity contribution in [2.75, 3.05) is 5.75 Å². The highest BCUT2D eigenvalue weighted by Crippen LogP contribution is 2.33. The predicted octanol–water partition coefficient (Wildman–Crippen LogP) is 1.33. The highest BCUT2D eigenvalue weighted by Gasteiger charge is 2.32. The van der Waals surface area contributed by atoms with Crippen LogP contribution in [0.2, 0.25) is 0 Å². The summed E-state index contributed by atoms with van der Waals surface area (Å²) < 4.78 is 23.1. The van der Waals surface area contributed by atoms with Gasteiger partial charge in [-0.05, 0) is 30.5 Å². The fourth-order valence-electron chi connectivity index (χ4n) is 1.74. The molecule has 13 heavy (non-hydrogen) atoms. The van der Waals surface area contributed by atoms with Crippen LogP contribution in [0.4, 0.5) is 0 Å². The predicted molar refractivity (Wildman–Crippen MR) is 50.0 cm³/mol. The average molecular weight is 197 g/mol. The molecular formula is C9H11NO2S. The lowest BCUT2D eigenvalue weighted by Crippen LogP contribution is -2.07. The van der Waals surface area contributed by atoms with E-state index in [4.69, 9.17) is 0 Å². The van der Waals surface area contributed by atoms with Gasteiger partial charge in [0, 0.05) is 12.4 Å². The number of nitrogens with zero attached hydrogens (tertiary/aromatic N) is 1. The van der Waals surface area contributed by atoms with Crippen LogP contribution in [0.5, 0.6) is 0 Å². The van der Waals surface area contributed by atoms with Crippen molar-refractivity contribution in [2.45, 2.75) is 18.1 Å². The minimum absolute atomic E-state index is 0.282. The number of hydrogen-bond acceptors (Lipinski definition) is 3. The van der Waals surface area contributed by atoms with Gasteiger partial charge < -0.3 is 0 Å². The maximum Gasteiger partial charge on any atom is 0.157 e. The number of sulfone groups is 1. The Morgan fingerprint density at radius 2 is 2.00 bits per heavy atom. The third-order valence-corrected chi connectivity index (χ3v) is 4.64. The summed E-state index contributed by atoms with van der Waals surface area (Å²) in [5.74, 6) is 0.333. The standard InChI is InChI=1S/C9H11NO2S/c11-13(12)7-1-2-9(13)8-3-5-10-6-4-8/h3-6,9H,1-2,7H2/t9-/m0/s1. The minimum Gasteiger partial charge on any atom is -0.265 e. The van der Waals surface area contributed by atoms with Gasteiger partial charge in [-0.3, -0.25) is 4.98 Å². The van der Waals surface area contributed by atoms with Crippen molar-refractivity contribution in [1.29, 1.82) is 0 Å². The molecule has 2 rings (SSSR count). The largest absolute Gasteiger partial charge is 0.265 e. The molecule has 1 saturated heterocycles. The molecule has 0 amide bonds. The Morgan fingerprint density at radius 3 is 2.54 bits per heavy atom. The SMILES string of the molecule is O=S1(=O)CCC[C@H]1c1ccncc1. The molecule has 0 radical (unpaired) electrons. The van der Waals surface area contributed by atoms with E-state index in [0.717, 1.165) is 18.4 Å². The van der Waals surface area contributed by atoms with Crippen LogP contribution in [-0.4, -0.2) is 19.2 Å². The van der Waals surface area contributed by atoms with Crippen LogP contribution in [0.15, 0.2) is 24.5 Å². The van der Waals surface area contributed by atoms with E-state index in [1.807, 2.05) is 0 Å². The molecule has 0 unspecified atom stereocenters. The molecule has 4 heteroatoms. The summed E-state index contributed by atoms with van der Waals surface area (Å²) in [5.41, 5.74) is 0.882. The summed E-state index contributed by atoms with van der Waals surface area (Å²) in [6, 6.07) is 3.57. The number of rotatable bonds is 1. The maximum atomic E-state index is 11.5. The Hall–Kier alpha value is -0.900. The molecular weight excluding hydrogens is 186 g/mol. The first kappa shape index (κ1) is 8.69. The lowest BCUT2D eigenvalue weighted by atomic mass is 10.1. The summed E-state index contributed by atoms with van der Waals surface area (Å²) in [5, 5.41) is -0.282. The van der Waals surface area contributed by atoms with E-state index in [2.05, 4.69) is 4.98 Å². The van der Waals surface area contributed by atoms with E-state index < -0.39 is 9.84 Å². The number of aromatic nitrogens is 1. The van der Waals surface area contributed by atoms with Crippen LogP contribution in [0.3, 0.4) is 0 Å². The van der Waals surface area contributed by atoms with Gasteiger partial charge in [0.2, 0.25) is 0 Å². The molecule has 1 aromatic heterocycles. The fraction of sp³-hybridized carbons (Fsp3) is 0.444. The van der Waals surface area contributed by atoms with Gasteiger partial charge in [0.05, 0.1) is 11.0 Å². The van der Waals surface area contributed by atoms with Crippen LogP contribution < -0.4 is 0 Å². The molecule has 0 bridgehead atoms. The lowest BCUT2D eigenvalue weighted by molar-refractivity contribution is 0.592. The summed E-state index contributed by atoms with van der Waals surface area (Å²) in [6.07, 6.45) is 4.83. The Balaban J connectivity index is 2.38. The Morgan fingerprint density at radius 1 is 1.31 bits per heavy atom. The van der Waals surface area contributed by atoms with Crippen molar-refractivity contribution in [3.63, 3.8) is 0 Å². The first-order valence-electron chi connectivity index (χ1n) is 4.32. The second-order valence-electron chi connectivity index (χ2n) is 3.28. The highest BCUT2D eigenvalue weighted by atomic mass is 32.2. The third kappa shape index (κ3) is 1.58. The third-order valence-electron chi connectivity index (χ3n) is 2.41. The van der Waals surface area contributed by atoms with E-state index in [-0.39, 0.29) is 5.25 Å². The zero-order chi connectivity index (χ0) is 9.31. The first-order valence-corrected chi connectivity index (χ1v) is 6.03. The van der Waals surface area contributed by atoms with Crippen molar-refractivity contribution in [1.82, 2.24) is 4.98 Å². The van der Waals surface area contributed by atoms with Crippen LogP contribution in [-0.2, 0) is 9.84 Å². The van der Waals surface area contributed by atoms with E-state index >= 15 is 0 Å². The molecule has 0 N–H and O–H groups in total. The van der Waals surface area contributed by atoms with E-state index in [0.29, 0.717) is 5.75 Å². The molecule has 3 nitrogen and oxygen atoms in total. The van der Waals surface area contributed by atoms with E-state index in [1.165, 1.54) is 0 Å². The molecule has 1 aliphatic heterocycles. The molecule has 0 spiro atoms. The molecule has 1 fully saturated rings. The molecule has 0 aromatic carbocycles. The van der Waals surface area contributed by atoms with Gasteiger partial charge in [-0.15, -0.1) is 0 Å². The summed E-state index contributed by atoms with van der Waals surface area (Å²) >= 11 is 0. The monoisotopic (exact) mass is 197 g/mol. The van der Waals surface area contributed by atoms with Gasteiger partial charge in [0.1, 0.15) is 0 Å². The Bertz CT molecular complexity index is 385. The van der Waals surface area contributed by atoms with Crippen molar-refractivity contribution < 1.29 is 8.42 Å². The molecule has 70 valence electrons. The maximum absolute atomic E-state index is 11.5. The van der Waals surface area contributed by atoms with Gasteiger partial charge in [-0.1, -0.05) is 0 Å². The van der Waals surface area contributed by atoms with Gasteiger partial charge in [0.25, 0.3) is 0 Å². The smallest absolute Gasteiger partial charge is 0.157 e. The van der Waals surface area contributed by atoms with Crippen LogP contribution in [0, 0.1) is 0 Å². The second kappa shape index (κ2) is 3.10. The molecule has 1 aromatic rings. The van der Waals surface area contributed by atoms with Gasteiger partial charge >= 0.3 is 0 Å². The van der Waals surface area contributed by atoms with Crippen molar-refractivity contribution in [3.05, 3.63) is 30.1 Å². The molecule has 0 saturated carbocycles. The molecule has 0 aliphatic carbocycles. The number of pyridine rings is 1. The minimum atomic E-state index is -2.87. The van der Waals surface area contributed by atoms with Crippen molar-refractivity contribution in [2.24, 2.45) is 0 Å². The fourth-order valence-corrected chi connectivity index (χ4v) is 3.69. The van der Waals surface area contributed by atoms with E-state index in [1.54, 1.807) is 24.5 Å². The van der Waals surface area contributed by atoms with Crippen LogP contribution in [0.1, 0.15) is 23.7 Å². The second-order valence-corrected chi connectivity index (χ2v) is 5.58. The quantitative estimate of drug-likeness (QED) is 0.682.